The maximum atomic E-state index is 13.1. The molecule has 1 aliphatic heterocycles. The van der Waals surface area contributed by atoms with Crippen LogP contribution >= 0.6 is 11.3 Å². The fourth-order valence-corrected chi connectivity index (χ4v) is 4.67. The topological polar surface area (TPSA) is 49.4 Å². The summed E-state index contributed by atoms with van der Waals surface area (Å²) in [5.74, 6) is -0.379. The molecule has 1 aliphatic rings. The number of nitrogens with one attached hydrogen (secondary N) is 1. The van der Waals surface area contributed by atoms with Gasteiger partial charge in [-0.05, 0) is 78.2 Å². The number of hydrogen-bond donors (Lipinski definition) is 1. The van der Waals surface area contributed by atoms with Crippen LogP contribution in [0.2, 0.25) is 0 Å². The molecule has 0 aliphatic carbocycles. The number of ketones is 1. The van der Waals surface area contributed by atoms with Gasteiger partial charge in [-0.1, -0.05) is 30.3 Å². The maximum Gasteiger partial charge on any atom is 0.223 e. The Morgan fingerprint density at radius 1 is 1.00 bits per heavy atom. The number of carbonyl (C=O) groups is 2. The number of thiophene rings is 1. The third-order valence-electron chi connectivity index (χ3n) is 5.79. The summed E-state index contributed by atoms with van der Waals surface area (Å²) in [6.45, 7) is 1.68. The highest BCUT2D eigenvalue weighted by atomic mass is 32.1. The van der Waals surface area contributed by atoms with Gasteiger partial charge in [0.05, 0.1) is 12.6 Å². The lowest BCUT2D eigenvalue weighted by atomic mass is 9.93. The maximum absolute atomic E-state index is 13.1. The number of hydrogen-bond acceptors (Lipinski definition) is 4. The molecule has 1 aromatic heterocycles. The van der Waals surface area contributed by atoms with Crippen LogP contribution in [0.1, 0.15) is 40.4 Å². The van der Waals surface area contributed by atoms with Gasteiger partial charge in [-0.3, -0.25) is 14.5 Å². The van der Waals surface area contributed by atoms with E-state index in [9.17, 15) is 14.0 Å². The largest absolute Gasteiger partial charge is 0.345 e. The van der Waals surface area contributed by atoms with Gasteiger partial charge in [0, 0.05) is 11.5 Å². The van der Waals surface area contributed by atoms with Gasteiger partial charge < -0.3 is 5.32 Å². The summed E-state index contributed by atoms with van der Waals surface area (Å²) in [4.78, 5) is 27.5. The molecule has 1 fully saturated rings. The second-order valence-electron chi connectivity index (χ2n) is 7.89. The minimum atomic E-state index is -0.348. The summed E-state index contributed by atoms with van der Waals surface area (Å²) in [6, 6.07) is 17.6. The molecule has 31 heavy (non-hydrogen) atoms. The molecule has 1 saturated heterocycles. The third kappa shape index (κ3) is 5.46. The second kappa shape index (κ2) is 9.98. The molecule has 3 aromatic rings. The number of amides is 1. The van der Waals surface area contributed by atoms with Crippen molar-refractivity contribution in [1.29, 1.82) is 0 Å². The summed E-state index contributed by atoms with van der Waals surface area (Å²) in [7, 11) is 0. The number of Topliss-reactive ketones (excluding diaryl/α,β-unsaturated/α-hetero) is 1. The Bertz CT molecular complexity index is 998. The van der Waals surface area contributed by atoms with Crippen molar-refractivity contribution in [2.45, 2.75) is 18.9 Å². The van der Waals surface area contributed by atoms with Crippen molar-refractivity contribution in [3.05, 3.63) is 93.9 Å². The van der Waals surface area contributed by atoms with Crippen LogP contribution in [0.15, 0.2) is 71.4 Å². The first kappa shape index (κ1) is 21.4. The van der Waals surface area contributed by atoms with Gasteiger partial charge in [0.15, 0.2) is 5.78 Å². The molecule has 160 valence electrons. The Balaban J connectivity index is 1.33. The zero-order valence-electron chi connectivity index (χ0n) is 17.2. The van der Waals surface area contributed by atoms with Crippen LogP contribution in [0.4, 0.5) is 4.39 Å². The van der Waals surface area contributed by atoms with E-state index in [-0.39, 0.29) is 29.5 Å². The summed E-state index contributed by atoms with van der Waals surface area (Å²) < 4.78 is 13.1. The van der Waals surface area contributed by atoms with Gasteiger partial charge in [0.25, 0.3) is 0 Å². The Labute approximate surface area is 185 Å². The lowest BCUT2D eigenvalue weighted by Crippen LogP contribution is -2.43. The van der Waals surface area contributed by atoms with Crippen LogP contribution in [-0.2, 0) is 4.79 Å². The molecule has 0 bridgehead atoms. The van der Waals surface area contributed by atoms with Crippen LogP contribution < -0.4 is 5.32 Å². The molecule has 1 amide bonds. The van der Waals surface area contributed by atoms with Crippen LogP contribution in [0.5, 0.6) is 0 Å². The Hall–Kier alpha value is -2.83. The summed E-state index contributed by atoms with van der Waals surface area (Å²) >= 11 is 1.62. The number of likely N-dealkylation sites (tertiary alicyclic amines) is 1. The third-order valence-corrected chi connectivity index (χ3v) is 6.49. The summed E-state index contributed by atoms with van der Waals surface area (Å²) in [6.07, 6.45) is 1.43. The van der Waals surface area contributed by atoms with Gasteiger partial charge in [-0.25, -0.2) is 4.39 Å². The molecule has 4 nitrogen and oxygen atoms in total. The molecular weight excluding hydrogens is 411 g/mol. The van der Waals surface area contributed by atoms with Crippen molar-refractivity contribution >= 4 is 23.0 Å². The monoisotopic (exact) mass is 436 g/mol. The van der Waals surface area contributed by atoms with E-state index in [2.05, 4.69) is 15.6 Å². The van der Waals surface area contributed by atoms with E-state index in [1.54, 1.807) is 11.3 Å². The second-order valence-corrected chi connectivity index (χ2v) is 8.67. The molecule has 0 radical (unpaired) electrons. The smallest absolute Gasteiger partial charge is 0.223 e. The van der Waals surface area contributed by atoms with Gasteiger partial charge in [-0.2, -0.15) is 11.3 Å². The summed E-state index contributed by atoms with van der Waals surface area (Å²) in [5.41, 5.74) is 2.67. The zero-order chi connectivity index (χ0) is 21.6. The fraction of sp³-hybridized carbons (Fsp3) is 0.280. The fourth-order valence-electron chi connectivity index (χ4n) is 3.99. The van der Waals surface area contributed by atoms with E-state index in [0.717, 1.165) is 11.1 Å². The van der Waals surface area contributed by atoms with Crippen molar-refractivity contribution in [2.75, 3.05) is 19.6 Å². The molecular formula is C25H25FN2O2S. The van der Waals surface area contributed by atoms with E-state index in [1.807, 2.05) is 41.8 Å². The highest BCUT2D eigenvalue weighted by molar-refractivity contribution is 7.08. The van der Waals surface area contributed by atoms with E-state index in [0.29, 0.717) is 38.0 Å². The van der Waals surface area contributed by atoms with Crippen LogP contribution in [0.25, 0.3) is 0 Å². The van der Waals surface area contributed by atoms with Crippen molar-refractivity contribution in [1.82, 2.24) is 10.2 Å². The normalized spacial score (nSPS) is 16.0. The average molecular weight is 437 g/mol. The minimum Gasteiger partial charge on any atom is -0.345 e. The number of rotatable bonds is 7. The standard InChI is InChI=1S/C25H25FN2O2S/c26-22-8-6-18(7-9-22)23(29)16-28-13-10-20(11-14-28)25(30)27-24(21-12-15-31-17-21)19-4-2-1-3-5-19/h1-9,12,15,17,20,24H,10-11,13-14,16H2,(H,27,30). The first-order chi connectivity index (χ1) is 15.1. The van der Waals surface area contributed by atoms with Crippen molar-refractivity contribution in [3.8, 4) is 0 Å². The van der Waals surface area contributed by atoms with Gasteiger partial charge >= 0.3 is 0 Å². The lowest BCUT2D eigenvalue weighted by molar-refractivity contribution is -0.126. The van der Waals surface area contributed by atoms with Crippen LogP contribution in [-0.4, -0.2) is 36.2 Å². The first-order valence-electron chi connectivity index (χ1n) is 10.5. The molecule has 1 unspecified atom stereocenters. The number of piperidine rings is 1. The quantitative estimate of drug-likeness (QED) is 0.547. The summed E-state index contributed by atoms with van der Waals surface area (Å²) in [5, 5.41) is 7.33. The predicted molar refractivity (Wildman–Crippen MR) is 121 cm³/mol. The predicted octanol–water partition coefficient (Wildman–Crippen LogP) is 4.69. The molecule has 6 heteroatoms. The zero-order valence-corrected chi connectivity index (χ0v) is 18.0. The molecule has 4 rings (SSSR count). The highest BCUT2D eigenvalue weighted by Gasteiger charge is 2.28. The Kier molecular flexibility index (Phi) is 6.89. The van der Waals surface area contributed by atoms with E-state index in [4.69, 9.17) is 0 Å². The van der Waals surface area contributed by atoms with Crippen molar-refractivity contribution < 1.29 is 14.0 Å². The number of benzene rings is 2. The molecule has 0 saturated carbocycles. The number of carbonyl (C=O) groups excluding carboxylic acids is 2. The van der Waals surface area contributed by atoms with Gasteiger partial charge in [0.2, 0.25) is 5.91 Å². The first-order valence-corrected chi connectivity index (χ1v) is 11.4. The molecule has 2 aromatic carbocycles. The molecule has 0 spiro atoms. The van der Waals surface area contributed by atoms with Gasteiger partial charge in [-0.15, -0.1) is 0 Å². The molecule has 1 N–H and O–H groups in total. The Morgan fingerprint density at radius 3 is 2.35 bits per heavy atom. The number of nitrogens with zero attached hydrogens (tertiary/aromatic N) is 1. The SMILES string of the molecule is O=C(CN1CCC(C(=O)NC(c2ccccc2)c2ccsc2)CC1)c1ccc(F)cc1. The van der Waals surface area contributed by atoms with Crippen LogP contribution in [0.3, 0.4) is 0 Å². The van der Waals surface area contributed by atoms with E-state index >= 15 is 0 Å². The molecule has 1 atom stereocenters. The van der Waals surface area contributed by atoms with E-state index in [1.165, 1.54) is 24.3 Å². The highest BCUT2D eigenvalue weighted by Crippen LogP contribution is 2.26. The minimum absolute atomic E-state index is 0.0236. The lowest BCUT2D eigenvalue weighted by Gasteiger charge is -2.31. The van der Waals surface area contributed by atoms with Crippen LogP contribution in [0, 0.1) is 11.7 Å². The van der Waals surface area contributed by atoms with Crippen molar-refractivity contribution in [2.24, 2.45) is 5.92 Å². The Morgan fingerprint density at radius 2 is 1.71 bits per heavy atom. The van der Waals surface area contributed by atoms with Gasteiger partial charge in [0.1, 0.15) is 5.82 Å². The molecule has 2 heterocycles. The average Bonchev–Trinajstić information content (AvgIpc) is 3.33. The van der Waals surface area contributed by atoms with E-state index < -0.39 is 0 Å². The van der Waals surface area contributed by atoms with Crippen molar-refractivity contribution in [3.63, 3.8) is 0 Å². The number of halogens is 1.